The second kappa shape index (κ2) is 12.6. The van der Waals surface area contributed by atoms with Gasteiger partial charge < -0.3 is 15.2 Å². The standard InChI is InChI=1S/C31H20F4N6O3.ClH/c1-16-27(17-2-4-20(32)5-3-17)29(42)22(14-37-16)30(43)40-21-6-7-25(23(33)11-21)44-26-8-9-36-24-10-18(12-38-28(24)26)19-13-39-41(15-19)31(34)35;/h2-15,31H,1H3,(H,37,42)(H,40,43);1H. The molecule has 2 aromatic carbocycles. The number of halogens is 5. The number of hydrogen-bond acceptors (Lipinski definition) is 7. The van der Waals surface area contributed by atoms with Gasteiger partial charge in [-0.2, -0.15) is 13.9 Å². The lowest BCUT2D eigenvalue weighted by Crippen LogP contribution is -2.13. The first kappa shape index (κ1) is 30.9. The number of amides is 1. The third-order valence-corrected chi connectivity index (χ3v) is 6.70. The molecule has 0 saturated carbocycles. The maximum absolute atomic E-state index is 15.1. The summed E-state index contributed by atoms with van der Waals surface area (Å²) in [5.74, 6) is -2.34. The van der Waals surface area contributed by atoms with Crippen LogP contribution in [0.4, 0.5) is 23.2 Å². The molecule has 45 heavy (non-hydrogen) atoms. The number of alkyl halides is 2. The molecule has 14 heteroatoms. The predicted molar refractivity (Wildman–Crippen MR) is 160 cm³/mol. The molecule has 6 rings (SSSR count). The first-order valence-electron chi connectivity index (χ1n) is 13.0. The number of fused-ring (bicyclic) bond motifs is 1. The van der Waals surface area contributed by atoms with Gasteiger partial charge in [0, 0.05) is 65.0 Å². The number of hydrogen-bond donors (Lipinski definition) is 2. The van der Waals surface area contributed by atoms with Crippen LogP contribution in [0.5, 0.6) is 17.2 Å². The third kappa shape index (κ3) is 6.24. The first-order chi connectivity index (χ1) is 21.2. The fourth-order valence-corrected chi connectivity index (χ4v) is 4.54. The number of nitrogens with zero attached hydrogens (tertiary/aromatic N) is 5. The maximum atomic E-state index is 15.1. The molecule has 0 aliphatic rings. The molecule has 0 bridgehead atoms. The third-order valence-electron chi connectivity index (χ3n) is 6.70. The highest BCUT2D eigenvalue weighted by atomic mass is 35.5. The molecular formula is C31H21ClF4N6O3. The number of nitrogens with one attached hydrogen (secondary N) is 1. The Labute approximate surface area is 258 Å². The van der Waals surface area contributed by atoms with Crippen molar-refractivity contribution in [1.29, 1.82) is 0 Å². The van der Waals surface area contributed by atoms with Crippen LogP contribution in [0.3, 0.4) is 0 Å². The van der Waals surface area contributed by atoms with Gasteiger partial charge in [-0.05, 0) is 42.8 Å². The average Bonchev–Trinajstić information content (AvgIpc) is 3.50. The van der Waals surface area contributed by atoms with Gasteiger partial charge in [0.25, 0.3) is 5.91 Å². The Morgan fingerprint density at radius 1 is 0.911 bits per heavy atom. The smallest absolute Gasteiger partial charge is 0.333 e. The lowest BCUT2D eigenvalue weighted by molar-refractivity contribution is 0.0566. The van der Waals surface area contributed by atoms with E-state index in [9.17, 15) is 23.1 Å². The number of anilines is 1. The Kier molecular flexibility index (Phi) is 8.64. The number of benzene rings is 2. The Morgan fingerprint density at radius 3 is 2.40 bits per heavy atom. The van der Waals surface area contributed by atoms with Gasteiger partial charge in [0.1, 0.15) is 22.6 Å². The number of pyridine rings is 3. The van der Waals surface area contributed by atoms with Gasteiger partial charge >= 0.3 is 6.55 Å². The van der Waals surface area contributed by atoms with Gasteiger partial charge in [-0.1, -0.05) is 12.1 Å². The largest absolute Gasteiger partial charge is 0.506 e. The van der Waals surface area contributed by atoms with Crippen LogP contribution < -0.4 is 10.1 Å². The number of carbonyl (C=O) groups is 1. The van der Waals surface area contributed by atoms with Crippen molar-refractivity contribution in [3.63, 3.8) is 0 Å². The maximum Gasteiger partial charge on any atom is 0.333 e. The predicted octanol–water partition coefficient (Wildman–Crippen LogP) is 7.71. The molecule has 6 aromatic rings. The molecule has 228 valence electrons. The minimum atomic E-state index is -2.78. The zero-order valence-electron chi connectivity index (χ0n) is 23.1. The average molecular weight is 637 g/mol. The van der Waals surface area contributed by atoms with Crippen LogP contribution in [-0.4, -0.2) is 35.7 Å². The lowest BCUT2D eigenvalue weighted by atomic mass is 10.0. The fraction of sp³-hybridized carbons (Fsp3) is 0.0645. The quantitative estimate of drug-likeness (QED) is 0.173. The Balaban J connectivity index is 0.00000400. The number of ether oxygens (including phenoxy) is 1. The molecule has 0 saturated heterocycles. The highest BCUT2D eigenvalue weighted by molar-refractivity contribution is 6.07. The minimum absolute atomic E-state index is 0. The molecule has 0 spiro atoms. The van der Waals surface area contributed by atoms with E-state index >= 15 is 4.39 Å². The molecular weight excluding hydrogens is 616 g/mol. The zero-order chi connectivity index (χ0) is 31.0. The summed E-state index contributed by atoms with van der Waals surface area (Å²) in [6, 6.07) is 12.2. The number of aryl methyl sites for hydroxylation is 1. The van der Waals surface area contributed by atoms with E-state index in [4.69, 9.17) is 4.74 Å². The van der Waals surface area contributed by atoms with E-state index in [0.29, 0.717) is 38.1 Å². The zero-order valence-corrected chi connectivity index (χ0v) is 23.9. The molecule has 0 unspecified atom stereocenters. The number of carbonyl (C=O) groups excluding carboxylic acids is 1. The summed E-state index contributed by atoms with van der Waals surface area (Å²) in [6.07, 6.45) is 6.53. The lowest BCUT2D eigenvalue weighted by Gasteiger charge is -2.13. The van der Waals surface area contributed by atoms with Crippen LogP contribution in [0.2, 0.25) is 0 Å². The second-order valence-corrected chi connectivity index (χ2v) is 9.58. The number of rotatable bonds is 7. The highest BCUT2D eigenvalue weighted by Crippen LogP contribution is 2.36. The molecule has 0 radical (unpaired) electrons. The van der Waals surface area contributed by atoms with Gasteiger partial charge in [-0.25, -0.2) is 13.5 Å². The van der Waals surface area contributed by atoms with E-state index < -0.39 is 24.1 Å². The summed E-state index contributed by atoms with van der Waals surface area (Å²) < 4.78 is 60.6. The van der Waals surface area contributed by atoms with Gasteiger partial charge in [-0.15, -0.1) is 12.4 Å². The van der Waals surface area contributed by atoms with Crippen molar-refractivity contribution in [3.05, 3.63) is 108 Å². The van der Waals surface area contributed by atoms with Crippen molar-refractivity contribution in [3.8, 4) is 39.5 Å². The van der Waals surface area contributed by atoms with Crippen molar-refractivity contribution in [2.24, 2.45) is 0 Å². The van der Waals surface area contributed by atoms with E-state index in [1.807, 2.05) is 0 Å². The van der Waals surface area contributed by atoms with Crippen molar-refractivity contribution >= 4 is 35.0 Å². The molecule has 0 atom stereocenters. The van der Waals surface area contributed by atoms with Gasteiger partial charge in [0.2, 0.25) is 0 Å². The minimum Gasteiger partial charge on any atom is -0.506 e. The molecule has 4 heterocycles. The van der Waals surface area contributed by atoms with Crippen LogP contribution in [0.1, 0.15) is 22.6 Å². The SMILES string of the molecule is Cc1ncc(C(=O)Nc2ccc(Oc3ccnc4cc(-c5cnn(C(F)F)c5)cnc34)c(F)c2)c(O)c1-c1ccc(F)cc1.Cl. The number of aromatic hydroxyl groups is 1. The summed E-state index contributed by atoms with van der Waals surface area (Å²) >= 11 is 0. The van der Waals surface area contributed by atoms with Crippen molar-refractivity contribution in [2.75, 3.05) is 5.32 Å². The van der Waals surface area contributed by atoms with Gasteiger partial charge in [-0.3, -0.25) is 19.7 Å². The van der Waals surface area contributed by atoms with E-state index in [-0.39, 0.29) is 46.5 Å². The van der Waals surface area contributed by atoms with Crippen molar-refractivity contribution < 1.29 is 32.2 Å². The Bertz CT molecular complexity index is 2040. The Hall–Kier alpha value is -5.56. The van der Waals surface area contributed by atoms with Crippen LogP contribution in [0, 0.1) is 18.6 Å². The summed E-state index contributed by atoms with van der Waals surface area (Å²) in [7, 11) is 0. The monoisotopic (exact) mass is 636 g/mol. The summed E-state index contributed by atoms with van der Waals surface area (Å²) in [6.45, 7) is -1.14. The molecule has 9 nitrogen and oxygen atoms in total. The van der Waals surface area contributed by atoms with Crippen LogP contribution in [-0.2, 0) is 0 Å². The molecule has 0 aliphatic carbocycles. The summed E-state index contributed by atoms with van der Waals surface area (Å²) in [5, 5.41) is 17.0. The molecule has 0 aliphatic heterocycles. The molecule has 1 amide bonds. The van der Waals surface area contributed by atoms with E-state index in [0.717, 1.165) is 6.07 Å². The molecule has 2 N–H and O–H groups in total. The van der Waals surface area contributed by atoms with Gasteiger partial charge in [0.15, 0.2) is 17.3 Å². The van der Waals surface area contributed by atoms with Crippen molar-refractivity contribution in [1.82, 2.24) is 24.7 Å². The first-order valence-corrected chi connectivity index (χ1v) is 13.0. The van der Waals surface area contributed by atoms with Crippen molar-refractivity contribution in [2.45, 2.75) is 13.5 Å². The molecule has 4 aromatic heterocycles. The van der Waals surface area contributed by atoms with E-state index in [1.54, 1.807) is 13.0 Å². The van der Waals surface area contributed by atoms with E-state index in [1.165, 1.54) is 73.4 Å². The Morgan fingerprint density at radius 2 is 1.69 bits per heavy atom. The summed E-state index contributed by atoms with van der Waals surface area (Å²) in [4.78, 5) is 25.8. The molecule has 0 fully saturated rings. The van der Waals surface area contributed by atoms with Crippen LogP contribution in [0.25, 0.3) is 33.3 Å². The second-order valence-electron chi connectivity index (χ2n) is 9.58. The topological polar surface area (TPSA) is 115 Å². The normalized spacial score (nSPS) is 11.0. The highest BCUT2D eigenvalue weighted by Gasteiger charge is 2.20. The summed E-state index contributed by atoms with van der Waals surface area (Å²) in [5.41, 5.74) is 2.66. The van der Waals surface area contributed by atoms with Crippen LogP contribution >= 0.6 is 12.4 Å². The van der Waals surface area contributed by atoms with Gasteiger partial charge in [0.05, 0.1) is 11.7 Å². The van der Waals surface area contributed by atoms with E-state index in [2.05, 4.69) is 25.4 Å². The number of aromatic nitrogens is 5. The fourth-order valence-electron chi connectivity index (χ4n) is 4.54. The van der Waals surface area contributed by atoms with Crippen LogP contribution in [0.15, 0.2) is 85.6 Å².